The van der Waals surface area contributed by atoms with Crippen molar-refractivity contribution in [1.29, 1.82) is 0 Å². The van der Waals surface area contributed by atoms with Gasteiger partial charge in [-0.25, -0.2) is 0 Å². The Labute approximate surface area is 162 Å². The minimum Gasteiger partial charge on any atom is -0.356 e. The average molecular weight is 438 g/mol. The van der Waals surface area contributed by atoms with E-state index in [2.05, 4.69) is 51.8 Å². The van der Waals surface area contributed by atoms with Gasteiger partial charge in [-0.05, 0) is 36.1 Å². The van der Waals surface area contributed by atoms with Crippen molar-refractivity contribution in [2.45, 2.75) is 26.2 Å². The molecule has 0 spiro atoms. The molecule has 0 atom stereocenters. The minimum atomic E-state index is 0. The third kappa shape index (κ3) is 7.29. The Hall–Kier alpha value is -1.63. The number of nitrogens with zero attached hydrogens (tertiary/aromatic N) is 2. The summed E-state index contributed by atoms with van der Waals surface area (Å²) >= 11 is 0. The molecule has 0 amide bonds. The number of aromatic nitrogens is 1. The molecule has 0 radical (unpaired) electrons. The summed E-state index contributed by atoms with van der Waals surface area (Å²) in [5.41, 5.74) is 3.82. The van der Waals surface area contributed by atoms with Crippen LogP contribution in [0.25, 0.3) is 0 Å². The van der Waals surface area contributed by atoms with Crippen molar-refractivity contribution < 1.29 is 0 Å². The molecular weight excluding hydrogens is 411 g/mol. The molecule has 0 aliphatic rings. The predicted molar refractivity (Wildman–Crippen MR) is 112 cm³/mol. The fourth-order valence-electron chi connectivity index (χ4n) is 2.34. The largest absolute Gasteiger partial charge is 0.356 e. The maximum absolute atomic E-state index is 4.32. The molecule has 0 saturated heterocycles. The molecular formula is C19H27IN4. The lowest BCUT2D eigenvalue weighted by molar-refractivity contribution is 0.776. The fourth-order valence-corrected chi connectivity index (χ4v) is 2.34. The van der Waals surface area contributed by atoms with Gasteiger partial charge < -0.3 is 10.6 Å². The maximum atomic E-state index is 4.32. The number of aryl methyl sites for hydroxylation is 1. The molecule has 2 aromatic rings. The zero-order valence-electron chi connectivity index (χ0n) is 14.5. The molecule has 4 nitrogen and oxygen atoms in total. The number of pyridine rings is 1. The third-order valence-corrected chi connectivity index (χ3v) is 3.76. The van der Waals surface area contributed by atoms with Crippen LogP contribution < -0.4 is 10.6 Å². The highest BCUT2D eigenvalue weighted by molar-refractivity contribution is 14.0. The first-order valence-electron chi connectivity index (χ1n) is 8.24. The van der Waals surface area contributed by atoms with Crippen molar-refractivity contribution in [2.24, 2.45) is 4.99 Å². The van der Waals surface area contributed by atoms with Gasteiger partial charge >= 0.3 is 0 Å². The zero-order valence-corrected chi connectivity index (χ0v) is 16.8. The fraction of sp³-hybridized carbons (Fsp3) is 0.368. The van der Waals surface area contributed by atoms with Crippen LogP contribution in [0.2, 0.25) is 0 Å². The second-order valence-corrected chi connectivity index (χ2v) is 5.42. The molecule has 0 unspecified atom stereocenters. The number of hydrogen-bond acceptors (Lipinski definition) is 2. The Kier molecular flexibility index (Phi) is 10.1. The van der Waals surface area contributed by atoms with Gasteiger partial charge in [0, 0.05) is 38.4 Å². The van der Waals surface area contributed by atoms with E-state index in [-0.39, 0.29) is 24.0 Å². The summed E-state index contributed by atoms with van der Waals surface area (Å²) in [4.78, 5) is 8.57. The van der Waals surface area contributed by atoms with E-state index in [0.717, 1.165) is 44.0 Å². The van der Waals surface area contributed by atoms with E-state index in [9.17, 15) is 0 Å². The van der Waals surface area contributed by atoms with E-state index < -0.39 is 0 Å². The van der Waals surface area contributed by atoms with E-state index in [1.54, 1.807) is 7.05 Å². The van der Waals surface area contributed by atoms with E-state index in [0.29, 0.717) is 0 Å². The third-order valence-electron chi connectivity index (χ3n) is 3.76. The minimum absolute atomic E-state index is 0. The number of benzene rings is 1. The second kappa shape index (κ2) is 11.8. The predicted octanol–water partition coefficient (Wildman–Crippen LogP) is 3.21. The van der Waals surface area contributed by atoms with Crippen LogP contribution in [0.1, 0.15) is 23.7 Å². The van der Waals surface area contributed by atoms with Gasteiger partial charge in [0.05, 0.1) is 0 Å². The quantitative estimate of drug-likeness (QED) is 0.397. The topological polar surface area (TPSA) is 49.3 Å². The van der Waals surface area contributed by atoms with Crippen molar-refractivity contribution in [1.82, 2.24) is 15.6 Å². The summed E-state index contributed by atoms with van der Waals surface area (Å²) in [6.07, 6.45) is 4.79. The number of aliphatic imine (C=N–C) groups is 1. The summed E-state index contributed by atoms with van der Waals surface area (Å²) in [6, 6.07) is 14.8. The SMILES string of the molecule is CCc1ccc(CCNC(=NC)NCCc2ccccn2)cc1.I. The number of guanidine groups is 1. The highest BCUT2D eigenvalue weighted by Gasteiger charge is 1.99. The Morgan fingerprint density at radius 2 is 1.62 bits per heavy atom. The molecule has 0 saturated carbocycles. The van der Waals surface area contributed by atoms with Crippen LogP contribution in [0, 0.1) is 0 Å². The van der Waals surface area contributed by atoms with Gasteiger partial charge in [-0.1, -0.05) is 37.3 Å². The molecule has 1 aromatic carbocycles. The summed E-state index contributed by atoms with van der Waals surface area (Å²) in [5, 5.41) is 6.67. The van der Waals surface area contributed by atoms with Crippen LogP contribution in [0.5, 0.6) is 0 Å². The molecule has 0 aliphatic carbocycles. The first kappa shape index (κ1) is 20.4. The van der Waals surface area contributed by atoms with Gasteiger partial charge in [-0.15, -0.1) is 24.0 Å². The molecule has 0 fully saturated rings. The Morgan fingerprint density at radius 3 is 2.21 bits per heavy atom. The second-order valence-electron chi connectivity index (χ2n) is 5.42. The van der Waals surface area contributed by atoms with Gasteiger partial charge in [0.1, 0.15) is 0 Å². The molecule has 130 valence electrons. The highest BCUT2D eigenvalue weighted by atomic mass is 127. The zero-order chi connectivity index (χ0) is 16.3. The Balaban J connectivity index is 0.00000288. The molecule has 2 N–H and O–H groups in total. The monoisotopic (exact) mass is 438 g/mol. The van der Waals surface area contributed by atoms with Gasteiger partial charge in [0.15, 0.2) is 5.96 Å². The van der Waals surface area contributed by atoms with Gasteiger partial charge in [-0.2, -0.15) is 0 Å². The van der Waals surface area contributed by atoms with E-state index in [1.807, 2.05) is 24.4 Å². The highest BCUT2D eigenvalue weighted by Crippen LogP contribution is 2.05. The lowest BCUT2D eigenvalue weighted by atomic mass is 10.1. The summed E-state index contributed by atoms with van der Waals surface area (Å²) in [6.45, 7) is 3.87. The normalized spacial score (nSPS) is 10.8. The molecule has 24 heavy (non-hydrogen) atoms. The van der Waals surface area contributed by atoms with Crippen molar-refractivity contribution in [3.63, 3.8) is 0 Å². The lowest BCUT2D eigenvalue weighted by Gasteiger charge is -2.12. The van der Waals surface area contributed by atoms with Gasteiger partial charge in [-0.3, -0.25) is 9.98 Å². The molecule has 2 rings (SSSR count). The first-order chi connectivity index (χ1) is 11.3. The van der Waals surface area contributed by atoms with Crippen LogP contribution >= 0.6 is 24.0 Å². The van der Waals surface area contributed by atoms with E-state index in [1.165, 1.54) is 11.1 Å². The number of rotatable bonds is 7. The molecule has 5 heteroatoms. The van der Waals surface area contributed by atoms with Crippen LogP contribution in [0.4, 0.5) is 0 Å². The van der Waals surface area contributed by atoms with Crippen LogP contribution in [-0.4, -0.2) is 31.1 Å². The van der Waals surface area contributed by atoms with Crippen molar-refractivity contribution in [3.8, 4) is 0 Å². The lowest BCUT2D eigenvalue weighted by Crippen LogP contribution is -2.39. The van der Waals surface area contributed by atoms with E-state index in [4.69, 9.17) is 0 Å². The average Bonchev–Trinajstić information content (AvgIpc) is 2.62. The number of hydrogen-bond donors (Lipinski definition) is 2. The van der Waals surface area contributed by atoms with Crippen molar-refractivity contribution in [2.75, 3.05) is 20.1 Å². The van der Waals surface area contributed by atoms with Crippen molar-refractivity contribution >= 4 is 29.9 Å². The summed E-state index contributed by atoms with van der Waals surface area (Å²) in [7, 11) is 1.80. The standard InChI is InChI=1S/C19H26N4.HI/c1-3-16-7-9-17(10-8-16)11-14-22-19(20-2)23-15-12-18-6-4-5-13-21-18;/h4-10,13H,3,11-12,14-15H2,1-2H3,(H2,20,22,23);1H. The first-order valence-corrected chi connectivity index (χ1v) is 8.24. The summed E-state index contributed by atoms with van der Waals surface area (Å²) in [5.74, 6) is 0.839. The molecule has 0 aliphatic heterocycles. The Bertz CT molecular complexity index is 597. The van der Waals surface area contributed by atoms with Crippen LogP contribution in [0.15, 0.2) is 53.7 Å². The Morgan fingerprint density at radius 1 is 0.958 bits per heavy atom. The number of nitrogens with one attached hydrogen (secondary N) is 2. The van der Waals surface area contributed by atoms with Gasteiger partial charge in [0.25, 0.3) is 0 Å². The smallest absolute Gasteiger partial charge is 0.190 e. The van der Waals surface area contributed by atoms with Crippen LogP contribution in [0.3, 0.4) is 0 Å². The van der Waals surface area contributed by atoms with Gasteiger partial charge in [0.2, 0.25) is 0 Å². The molecule has 1 aromatic heterocycles. The van der Waals surface area contributed by atoms with Crippen LogP contribution in [-0.2, 0) is 19.3 Å². The molecule has 1 heterocycles. The summed E-state index contributed by atoms with van der Waals surface area (Å²) < 4.78 is 0. The van der Waals surface area contributed by atoms with E-state index >= 15 is 0 Å². The van der Waals surface area contributed by atoms with Crippen molar-refractivity contribution in [3.05, 3.63) is 65.5 Å². The molecule has 0 bridgehead atoms. The maximum Gasteiger partial charge on any atom is 0.190 e. The number of halogens is 1.